The minimum atomic E-state index is -0.233. The standard InChI is InChI=1S/C12H16N4O/c1-3-10(9-16(2)13)12(17)15-8-11-6-4-5-7-14-11/h3-7,9H,1,8,13H2,2H3,(H,15,17)/b10-9+. The molecule has 0 saturated carbocycles. The molecule has 1 amide bonds. The SMILES string of the molecule is C=C/C(=C\N(C)N)C(=O)NCc1ccccn1. The molecule has 1 aromatic heterocycles. The van der Waals surface area contributed by atoms with Gasteiger partial charge in [-0.05, 0) is 12.1 Å². The van der Waals surface area contributed by atoms with Gasteiger partial charge in [0.1, 0.15) is 0 Å². The normalized spacial score (nSPS) is 10.8. The molecule has 1 rings (SSSR count). The number of pyridine rings is 1. The van der Waals surface area contributed by atoms with Crippen LogP contribution in [0.25, 0.3) is 0 Å². The Kier molecular flexibility index (Phi) is 4.90. The van der Waals surface area contributed by atoms with Gasteiger partial charge in [0.15, 0.2) is 0 Å². The quantitative estimate of drug-likeness (QED) is 0.337. The van der Waals surface area contributed by atoms with Gasteiger partial charge in [-0.25, -0.2) is 5.84 Å². The molecule has 0 atom stereocenters. The summed E-state index contributed by atoms with van der Waals surface area (Å²) in [5, 5.41) is 4.04. The van der Waals surface area contributed by atoms with E-state index in [9.17, 15) is 4.79 Å². The highest BCUT2D eigenvalue weighted by molar-refractivity contribution is 5.95. The van der Waals surface area contributed by atoms with Crippen molar-refractivity contribution in [1.29, 1.82) is 0 Å². The van der Waals surface area contributed by atoms with Crippen LogP contribution in [0.15, 0.2) is 48.8 Å². The van der Waals surface area contributed by atoms with Crippen LogP contribution < -0.4 is 11.2 Å². The van der Waals surface area contributed by atoms with E-state index in [1.54, 1.807) is 13.2 Å². The van der Waals surface area contributed by atoms with Crippen LogP contribution in [0.3, 0.4) is 0 Å². The number of carbonyl (C=O) groups excluding carboxylic acids is 1. The van der Waals surface area contributed by atoms with Crippen LogP contribution in [-0.2, 0) is 11.3 Å². The molecule has 17 heavy (non-hydrogen) atoms. The van der Waals surface area contributed by atoms with Crippen molar-refractivity contribution in [2.24, 2.45) is 5.84 Å². The van der Waals surface area contributed by atoms with Crippen LogP contribution in [0.1, 0.15) is 5.69 Å². The lowest BCUT2D eigenvalue weighted by Crippen LogP contribution is -2.27. The number of hydrogen-bond donors (Lipinski definition) is 2. The molecule has 0 aliphatic carbocycles. The Balaban J connectivity index is 2.57. The predicted molar refractivity (Wildman–Crippen MR) is 66.3 cm³/mol. The molecule has 0 saturated heterocycles. The summed E-state index contributed by atoms with van der Waals surface area (Å²) in [6.45, 7) is 3.94. The first-order chi connectivity index (χ1) is 8.13. The fraction of sp³-hybridized carbons (Fsp3) is 0.167. The summed E-state index contributed by atoms with van der Waals surface area (Å²) < 4.78 is 0. The fourth-order valence-corrected chi connectivity index (χ4v) is 1.20. The highest BCUT2D eigenvalue weighted by atomic mass is 16.1. The molecule has 0 spiro atoms. The molecule has 0 aromatic carbocycles. The Bertz CT molecular complexity index is 412. The van der Waals surface area contributed by atoms with Crippen molar-refractivity contribution in [1.82, 2.24) is 15.3 Å². The summed E-state index contributed by atoms with van der Waals surface area (Å²) in [5.74, 6) is 5.20. The number of hydrogen-bond acceptors (Lipinski definition) is 4. The Hall–Kier alpha value is -2.14. The highest BCUT2D eigenvalue weighted by Crippen LogP contribution is 1.98. The van der Waals surface area contributed by atoms with Gasteiger partial charge in [-0.15, -0.1) is 0 Å². The van der Waals surface area contributed by atoms with Gasteiger partial charge in [-0.3, -0.25) is 9.78 Å². The molecule has 0 bridgehead atoms. The van der Waals surface area contributed by atoms with Crippen molar-refractivity contribution in [2.75, 3.05) is 7.05 Å². The average molecular weight is 232 g/mol. The molecule has 0 aliphatic rings. The molecule has 1 aromatic rings. The van der Waals surface area contributed by atoms with Crippen molar-refractivity contribution in [3.63, 3.8) is 0 Å². The van der Waals surface area contributed by atoms with E-state index in [4.69, 9.17) is 5.84 Å². The van der Waals surface area contributed by atoms with Crippen LogP contribution in [0.4, 0.5) is 0 Å². The maximum atomic E-state index is 11.7. The van der Waals surface area contributed by atoms with Crippen LogP contribution in [0.5, 0.6) is 0 Å². The van der Waals surface area contributed by atoms with Crippen molar-refractivity contribution >= 4 is 5.91 Å². The zero-order chi connectivity index (χ0) is 12.7. The van der Waals surface area contributed by atoms with Gasteiger partial charge in [0.2, 0.25) is 0 Å². The van der Waals surface area contributed by atoms with Gasteiger partial charge in [-0.1, -0.05) is 18.7 Å². The first-order valence-electron chi connectivity index (χ1n) is 5.13. The molecular weight excluding hydrogens is 216 g/mol. The van der Waals surface area contributed by atoms with Crippen LogP contribution in [0, 0.1) is 0 Å². The zero-order valence-corrected chi connectivity index (χ0v) is 9.76. The van der Waals surface area contributed by atoms with Crippen molar-refractivity contribution in [3.8, 4) is 0 Å². The third kappa shape index (κ3) is 4.48. The van der Waals surface area contributed by atoms with Crippen molar-refractivity contribution < 1.29 is 4.79 Å². The van der Waals surface area contributed by atoms with Crippen molar-refractivity contribution in [2.45, 2.75) is 6.54 Å². The molecule has 90 valence electrons. The summed E-state index contributed by atoms with van der Waals surface area (Å²) >= 11 is 0. The number of amides is 1. The van der Waals surface area contributed by atoms with E-state index < -0.39 is 0 Å². The smallest absolute Gasteiger partial charge is 0.253 e. The molecule has 1 heterocycles. The highest BCUT2D eigenvalue weighted by Gasteiger charge is 2.06. The third-order valence-corrected chi connectivity index (χ3v) is 1.98. The molecule has 3 N–H and O–H groups in total. The van der Waals surface area contributed by atoms with Gasteiger partial charge in [-0.2, -0.15) is 0 Å². The molecule has 0 aliphatic heterocycles. The second-order valence-electron chi connectivity index (χ2n) is 3.46. The van der Waals surface area contributed by atoms with Crippen LogP contribution in [0.2, 0.25) is 0 Å². The number of hydrazine groups is 1. The monoisotopic (exact) mass is 232 g/mol. The van der Waals surface area contributed by atoms with E-state index in [1.165, 1.54) is 17.3 Å². The van der Waals surface area contributed by atoms with E-state index in [0.717, 1.165) is 5.69 Å². The minimum absolute atomic E-state index is 0.233. The topological polar surface area (TPSA) is 71.2 Å². The van der Waals surface area contributed by atoms with E-state index in [1.807, 2.05) is 18.2 Å². The fourth-order valence-electron chi connectivity index (χ4n) is 1.20. The summed E-state index contributed by atoms with van der Waals surface area (Å²) in [6, 6.07) is 5.53. The summed E-state index contributed by atoms with van der Waals surface area (Å²) in [5.41, 5.74) is 1.20. The Morgan fingerprint density at radius 2 is 2.41 bits per heavy atom. The second-order valence-corrected chi connectivity index (χ2v) is 3.46. The van der Waals surface area contributed by atoms with E-state index in [2.05, 4.69) is 16.9 Å². The average Bonchev–Trinajstić information content (AvgIpc) is 2.34. The van der Waals surface area contributed by atoms with Gasteiger partial charge < -0.3 is 10.3 Å². The lowest BCUT2D eigenvalue weighted by Gasteiger charge is -2.09. The lowest BCUT2D eigenvalue weighted by molar-refractivity contribution is -0.117. The molecule has 0 radical (unpaired) electrons. The minimum Gasteiger partial charge on any atom is -0.346 e. The van der Waals surface area contributed by atoms with E-state index >= 15 is 0 Å². The van der Waals surface area contributed by atoms with Gasteiger partial charge in [0.05, 0.1) is 17.8 Å². The first-order valence-corrected chi connectivity index (χ1v) is 5.13. The lowest BCUT2D eigenvalue weighted by atomic mass is 10.2. The Morgan fingerprint density at radius 1 is 1.65 bits per heavy atom. The Morgan fingerprint density at radius 3 is 2.94 bits per heavy atom. The molecule has 0 unspecified atom stereocenters. The zero-order valence-electron chi connectivity index (χ0n) is 9.76. The maximum Gasteiger partial charge on any atom is 0.253 e. The summed E-state index contributed by atoms with van der Waals surface area (Å²) in [7, 11) is 1.63. The predicted octanol–water partition coefficient (Wildman–Crippen LogP) is 0.573. The van der Waals surface area contributed by atoms with Gasteiger partial charge in [0, 0.05) is 19.4 Å². The summed E-state index contributed by atoms with van der Waals surface area (Å²) in [4.78, 5) is 15.8. The molecule has 5 nitrogen and oxygen atoms in total. The number of aromatic nitrogens is 1. The number of nitrogens with one attached hydrogen (secondary N) is 1. The van der Waals surface area contributed by atoms with Crippen molar-refractivity contribution in [3.05, 3.63) is 54.5 Å². The van der Waals surface area contributed by atoms with E-state index in [-0.39, 0.29) is 5.91 Å². The van der Waals surface area contributed by atoms with Crippen LogP contribution in [-0.4, -0.2) is 22.9 Å². The second kappa shape index (κ2) is 6.44. The number of nitrogens with zero attached hydrogens (tertiary/aromatic N) is 2. The number of carbonyl (C=O) groups is 1. The van der Waals surface area contributed by atoms with E-state index in [0.29, 0.717) is 12.1 Å². The maximum absolute atomic E-state index is 11.7. The molecule has 0 fully saturated rings. The molecular formula is C12H16N4O. The molecule has 5 heteroatoms. The summed E-state index contributed by atoms with van der Waals surface area (Å²) in [6.07, 6.45) is 4.64. The van der Waals surface area contributed by atoms with Gasteiger partial charge >= 0.3 is 0 Å². The largest absolute Gasteiger partial charge is 0.346 e. The third-order valence-electron chi connectivity index (χ3n) is 1.98. The number of rotatable bonds is 5. The number of nitrogens with two attached hydrogens (primary N) is 1. The Labute approximate surface area is 101 Å². The van der Waals surface area contributed by atoms with Crippen LogP contribution >= 0.6 is 0 Å². The van der Waals surface area contributed by atoms with Gasteiger partial charge in [0.25, 0.3) is 5.91 Å². The first kappa shape index (κ1) is 12.9.